The van der Waals surface area contributed by atoms with Crippen molar-refractivity contribution in [3.63, 3.8) is 0 Å². The third-order valence-electron chi connectivity index (χ3n) is 3.30. The van der Waals surface area contributed by atoms with Gasteiger partial charge >= 0.3 is 0 Å². The summed E-state index contributed by atoms with van der Waals surface area (Å²) in [6.07, 6.45) is 0. The highest BCUT2D eigenvalue weighted by Gasteiger charge is 2.38. The lowest BCUT2D eigenvalue weighted by Crippen LogP contribution is -2.41. The molecule has 0 unspecified atom stereocenters. The Hall–Kier alpha value is 0.110. The molecule has 104 valence electrons. The van der Waals surface area contributed by atoms with Crippen molar-refractivity contribution in [3.8, 4) is 0 Å². The minimum Gasteiger partial charge on any atom is -0.270 e. The largest absolute Gasteiger partial charge is 0.286 e. The van der Waals surface area contributed by atoms with Gasteiger partial charge in [0.15, 0.2) is 0 Å². The predicted molar refractivity (Wildman–Crippen MR) is 76.4 cm³/mol. The van der Waals surface area contributed by atoms with Gasteiger partial charge in [-0.3, -0.25) is 4.57 Å². The lowest BCUT2D eigenvalue weighted by molar-refractivity contribution is 0.289. The lowest BCUT2D eigenvalue weighted by atomic mass is 10.7. The van der Waals surface area contributed by atoms with Crippen LogP contribution in [-0.2, 0) is 4.57 Å². The van der Waals surface area contributed by atoms with Crippen LogP contribution >= 0.6 is 7.59 Å². The first kappa shape index (κ1) is 17.1. The van der Waals surface area contributed by atoms with Crippen LogP contribution < -0.4 is 0 Å². The van der Waals surface area contributed by atoms with Crippen LogP contribution in [0, 0.1) is 0 Å². The van der Waals surface area contributed by atoms with Crippen LogP contribution in [0.1, 0.15) is 41.5 Å². The van der Waals surface area contributed by atoms with Crippen molar-refractivity contribution in [1.29, 1.82) is 0 Å². The summed E-state index contributed by atoms with van der Waals surface area (Å²) in [6.45, 7) is 17.5. The standard InChI is InChI=1S/C12H30N3OP/c1-7-13(8-2)17(16,14(9-3)10-4)15(11-5)12-6/h7-12H2,1-6H3. The van der Waals surface area contributed by atoms with Gasteiger partial charge in [0.1, 0.15) is 0 Å². The second kappa shape index (κ2) is 8.25. The first-order valence-corrected chi connectivity index (χ1v) is 8.49. The van der Waals surface area contributed by atoms with Crippen LogP contribution in [-0.4, -0.2) is 53.3 Å². The molecule has 0 aliphatic heterocycles. The molecule has 17 heavy (non-hydrogen) atoms. The van der Waals surface area contributed by atoms with Crippen LogP contribution in [0.2, 0.25) is 0 Å². The zero-order valence-electron chi connectivity index (χ0n) is 12.4. The third kappa shape index (κ3) is 3.54. The molecule has 0 rings (SSSR count). The highest BCUT2D eigenvalue weighted by Crippen LogP contribution is 2.55. The maximum absolute atomic E-state index is 13.5. The van der Waals surface area contributed by atoms with Gasteiger partial charge in [0.2, 0.25) is 0 Å². The SMILES string of the molecule is CCN(CC)P(=O)(N(CC)CC)N(CC)CC. The van der Waals surface area contributed by atoms with E-state index in [1.807, 2.05) is 0 Å². The second-order valence-electron chi connectivity index (χ2n) is 3.93. The first-order chi connectivity index (χ1) is 8.06. The summed E-state index contributed by atoms with van der Waals surface area (Å²) >= 11 is 0. The Kier molecular flexibility index (Phi) is 8.31. The van der Waals surface area contributed by atoms with Gasteiger partial charge in [0, 0.05) is 39.3 Å². The van der Waals surface area contributed by atoms with Crippen LogP contribution in [0.15, 0.2) is 0 Å². The van der Waals surface area contributed by atoms with Gasteiger partial charge in [-0.05, 0) is 0 Å². The molecule has 0 spiro atoms. The van der Waals surface area contributed by atoms with Crippen molar-refractivity contribution in [2.75, 3.05) is 39.3 Å². The normalized spacial score (nSPS) is 13.0. The molecular weight excluding hydrogens is 233 g/mol. The van der Waals surface area contributed by atoms with Gasteiger partial charge in [-0.2, -0.15) is 0 Å². The molecule has 0 fully saturated rings. The van der Waals surface area contributed by atoms with E-state index in [0.717, 1.165) is 39.3 Å². The van der Waals surface area contributed by atoms with E-state index in [1.165, 1.54) is 0 Å². The van der Waals surface area contributed by atoms with Gasteiger partial charge in [-0.15, -0.1) is 0 Å². The topological polar surface area (TPSA) is 26.8 Å². The van der Waals surface area contributed by atoms with Gasteiger partial charge in [0.05, 0.1) is 0 Å². The fraction of sp³-hybridized carbons (Fsp3) is 1.00. The molecule has 5 heteroatoms. The monoisotopic (exact) mass is 263 g/mol. The Morgan fingerprint density at radius 3 is 0.882 bits per heavy atom. The molecule has 0 aromatic rings. The van der Waals surface area contributed by atoms with E-state index in [2.05, 4.69) is 55.6 Å². The molecule has 0 saturated heterocycles. The van der Waals surface area contributed by atoms with E-state index in [1.54, 1.807) is 0 Å². The molecule has 0 N–H and O–H groups in total. The Morgan fingerprint density at radius 1 is 0.588 bits per heavy atom. The van der Waals surface area contributed by atoms with Crippen LogP contribution in [0.5, 0.6) is 0 Å². The number of hydrogen-bond donors (Lipinski definition) is 0. The molecule has 0 heterocycles. The van der Waals surface area contributed by atoms with Crippen LogP contribution in [0.4, 0.5) is 0 Å². The summed E-state index contributed by atoms with van der Waals surface area (Å²) in [7, 11) is -2.55. The molecular formula is C12H30N3OP. The van der Waals surface area contributed by atoms with Crippen molar-refractivity contribution in [3.05, 3.63) is 0 Å². The van der Waals surface area contributed by atoms with E-state index in [4.69, 9.17) is 0 Å². The van der Waals surface area contributed by atoms with E-state index < -0.39 is 7.59 Å². The minimum atomic E-state index is -2.55. The van der Waals surface area contributed by atoms with Crippen LogP contribution in [0.3, 0.4) is 0 Å². The molecule has 4 nitrogen and oxygen atoms in total. The fourth-order valence-electron chi connectivity index (χ4n) is 2.31. The van der Waals surface area contributed by atoms with Crippen molar-refractivity contribution in [2.45, 2.75) is 41.5 Å². The summed E-state index contributed by atoms with van der Waals surface area (Å²) in [6, 6.07) is 0. The highest BCUT2D eigenvalue weighted by molar-refractivity contribution is 7.56. The summed E-state index contributed by atoms with van der Waals surface area (Å²) in [4.78, 5) is 0. The van der Waals surface area contributed by atoms with Gasteiger partial charge < -0.3 is 0 Å². The van der Waals surface area contributed by atoms with Gasteiger partial charge in [-0.25, -0.2) is 14.0 Å². The van der Waals surface area contributed by atoms with Crippen molar-refractivity contribution in [2.24, 2.45) is 0 Å². The zero-order valence-corrected chi connectivity index (χ0v) is 13.3. The van der Waals surface area contributed by atoms with Gasteiger partial charge in [0.25, 0.3) is 7.59 Å². The van der Waals surface area contributed by atoms with Gasteiger partial charge in [-0.1, -0.05) is 41.5 Å². The molecule has 0 aromatic heterocycles. The van der Waals surface area contributed by atoms with E-state index >= 15 is 0 Å². The van der Waals surface area contributed by atoms with Crippen LogP contribution in [0.25, 0.3) is 0 Å². The average molecular weight is 263 g/mol. The fourth-order valence-corrected chi connectivity index (χ4v) is 5.60. The summed E-state index contributed by atoms with van der Waals surface area (Å²) in [5.41, 5.74) is 0. The summed E-state index contributed by atoms with van der Waals surface area (Å²) < 4.78 is 19.8. The highest BCUT2D eigenvalue weighted by atomic mass is 31.2. The number of hydrogen-bond acceptors (Lipinski definition) is 1. The summed E-state index contributed by atoms with van der Waals surface area (Å²) in [5.74, 6) is 0. The van der Waals surface area contributed by atoms with Crippen molar-refractivity contribution < 1.29 is 4.57 Å². The van der Waals surface area contributed by atoms with Crippen molar-refractivity contribution >= 4 is 7.59 Å². The molecule has 0 radical (unpaired) electrons. The smallest absolute Gasteiger partial charge is 0.270 e. The van der Waals surface area contributed by atoms with E-state index in [-0.39, 0.29) is 0 Å². The molecule has 0 bridgehead atoms. The quantitative estimate of drug-likeness (QED) is 0.597. The predicted octanol–water partition coefficient (Wildman–Crippen LogP) is 3.12. The Balaban J connectivity index is 5.38. The minimum absolute atomic E-state index is 0.834. The number of nitrogens with zero attached hydrogens (tertiary/aromatic N) is 3. The Morgan fingerprint density at radius 2 is 0.765 bits per heavy atom. The summed E-state index contributed by atoms with van der Waals surface area (Å²) in [5, 5.41) is 0. The maximum Gasteiger partial charge on any atom is 0.286 e. The Bertz CT molecular complexity index is 198. The van der Waals surface area contributed by atoms with E-state index in [9.17, 15) is 4.57 Å². The zero-order chi connectivity index (χ0) is 13.5. The third-order valence-corrected chi connectivity index (χ3v) is 7.20. The molecule has 0 atom stereocenters. The first-order valence-electron chi connectivity index (χ1n) is 6.92. The van der Waals surface area contributed by atoms with E-state index in [0.29, 0.717) is 0 Å². The Labute approximate surface area is 107 Å². The average Bonchev–Trinajstić information content (AvgIpc) is 2.33. The lowest BCUT2D eigenvalue weighted by Gasteiger charge is -2.43. The molecule has 0 aromatic carbocycles. The van der Waals surface area contributed by atoms with Crippen molar-refractivity contribution in [1.82, 2.24) is 14.0 Å². The second-order valence-corrected chi connectivity index (χ2v) is 6.65. The molecule has 0 amide bonds. The molecule has 0 saturated carbocycles. The number of rotatable bonds is 9. The molecule has 0 aliphatic carbocycles. The maximum atomic E-state index is 13.5. The molecule has 0 aliphatic rings.